The quantitative estimate of drug-likeness (QED) is 0.655. The summed E-state index contributed by atoms with van der Waals surface area (Å²) in [7, 11) is 0.924. The molecular weight excluding hydrogens is 200 g/mol. The molecule has 88 valence electrons. The Balaban J connectivity index is 1.88. The minimum absolute atomic E-state index is 0.924. The summed E-state index contributed by atoms with van der Waals surface area (Å²) in [6.45, 7) is 1.05. The van der Waals surface area contributed by atoms with Crippen molar-refractivity contribution in [1.29, 1.82) is 0 Å². The van der Waals surface area contributed by atoms with Crippen LogP contribution in [0.1, 0.15) is 57.8 Å². The highest BCUT2D eigenvalue weighted by molar-refractivity contribution is 5.97. The Morgan fingerprint density at radius 1 is 0.933 bits per heavy atom. The molecule has 2 rings (SSSR count). The predicted molar refractivity (Wildman–Crippen MR) is 67.9 cm³/mol. The highest BCUT2D eigenvalue weighted by Crippen LogP contribution is 2.43. The van der Waals surface area contributed by atoms with Crippen molar-refractivity contribution in [2.24, 2.45) is 17.8 Å². The molecule has 0 radical (unpaired) electrons. The first-order valence-corrected chi connectivity index (χ1v) is 7.72. The standard InChI is InChI=1S/C13H26OSi/c15-14-10-9-13(11-5-1-2-6-11)12-7-3-4-8-12/h11-13H,1-10H2,15H3. The van der Waals surface area contributed by atoms with Crippen LogP contribution in [-0.2, 0) is 4.43 Å². The molecule has 0 heterocycles. The van der Waals surface area contributed by atoms with E-state index in [1.807, 2.05) is 0 Å². The molecule has 2 saturated carbocycles. The van der Waals surface area contributed by atoms with E-state index in [1.165, 1.54) is 57.8 Å². The summed E-state index contributed by atoms with van der Waals surface area (Å²) < 4.78 is 5.43. The molecule has 0 atom stereocenters. The maximum atomic E-state index is 5.43. The summed E-state index contributed by atoms with van der Waals surface area (Å²) in [5.41, 5.74) is 0. The van der Waals surface area contributed by atoms with Crippen molar-refractivity contribution >= 4 is 10.5 Å². The van der Waals surface area contributed by atoms with Crippen LogP contribution in [0.25, 0.3) is 0 Å². The summed E-state index contributed by atoms with van der Waals surface area (Å²) >= 11 is 0. The molecule has 2 aliphatic carbocycles. The monoisotopic (exact) mass is 226 g/mol. The third-order valence-corrected chi connectivity index (χ3v) is 5.07. The molecule has 2 aliphatic rings. The Kier molecular flexibility index (Phi) is 4.70. The van der Waals surface area contributed by atoms with Crippen molar-refractivity contribution in [3.05, 3.63) is 0 Å². The van der Waals surface area contributed by atoms with Gasteiger partial charge in [-0.15, -0.1) is 0 Å². The van der Waals surface area contributed by atoms with Crippen LogP contribution in [0.5, 0.6) is 0 Å². The zero-order valence-corrected chi connectivity index (χ0v) is 12.2. The molecule has 0 saturated heterocycles. The van der Waals surface area contributed by atoms with E-state index in [0.717, 1.165) is 34.8 Å². The maximum Gasteiger partial charge on any atom is 0.145 e. The minimum Gasteiger partial charge on any atom is -0.428 e. The predicted octanol–water partition coefficient (Wildman–Crippen LogP) is 2.67. The van der Waals surface area contributed by atoms with Crippen molar-refractivity contribution in [2.45, 2.75) is 57.8 Å². The van der Waals surface area contributed by atoms with Gasteiger partial charge in [-0.1, -0.05) is 51.4 Å². The van der Waals surface area contributed by atoms with Gasteiger partial charge >= 0.3 is 0 Å². The van der Waals surface area contributed by atoms with Crippen molar-refractivity contribution in [1.82, 2.24) is 0 Å². The van der Waals surface area contributed by atoms with E-state index >= 15 is 0 Å². The van der Waals surface area contributed by atoms with Gasteiger partial charge in [0.2, 0.25) is 0 Å². The van der Waals surface area contributed by atoms with Crippen LogP contribution in [0.4, 0.5) is 0 Å². The Morgan fingerprint density at radius 3 is 1.80 bits per heavy atom. The highest BCUT2D eigenvalue weighted by atomic mass is 28.2. The van der Waals surface area contributed by atoms with Gasteiger partial charge < -0.3 is 4.43 Å². The summed E-state index contributed by atoms with van der Waals surface area (Å²) in [5, 5.41) is 0. The van der Waals surface area contributed by atoms with E-state index in [1.54, 1.807) is 0 Å². The lowest BCUT2D eigenvalue weighted by atomic mass is 9.78. The molecule has 0 aromatic carbocycles. The molecule has 0 amide bonds. The van der Waals surface area contributed by atoms with Crippen LogP contribution in [-0.4, -0.2) is 17.1 Å². The zero-order valence-electron chi connectivity index (χ0n) is 10.2. The second-order valence-electron chi connectivity index (χ2n) is 5.53. The lowest BCUT2D eigenvalue weighted by Crippen LogP contribution is -2.21. The maximum absolute atomic E-state index is 5.43. The highest BCUT2D eigenvalue weighted by Gasteiger charge is 2.32. The van der Waals surface area contributed by atoms with E-state index in [-0.39, 0.29) is 0 Å². The molecule has 0 aromatic rings. The van der Waals surface area contributed by atoms with Crippen LogP contribution >= 0.6 is 0 Å². The number of hydrogen-bond donors (Lipinski definition) is 0. The van der Waals surface area contributed by atoms with Gasteiger partial charge in [0.15, 0.2) is 0 Å². The Bertz CT molecular complexity index is 155. The van der Waals surface area contributed by atoms with E-state index < -0.39 is 0 Å². The fourth-order valence-electron chi connectivity index (χ4n) is 3.88. The molecule has 0 spiro atoms. The number of rotatable bonds is 5. The normalized spacial score (nSPS) is 24.6. The van der Waals surface area contributed by atoms with Gasteiger partial charge in [0.05, 0.1) is 0 Å². The fourth-order valence-corrected chi connectivity index (χ4v) is 4.12. The first-order chi connectivity index (χ1) is 7.42. The average molecular weight is 226 g/mol. The summed E-state index contributed by atoms with van der Waals surface area (Å²) in [5.74, 6) is 3.14. The molecule has 0 aliphatic heterocycles. The topological polar surface area (TPSA) is 9.23 Å². The molecule has 2 heteroatoms. The van der Waals surface area contributed by atoms with E-state index in [4.69, 9.17) is 4.43 Å². The van der Waals surface area contributed by atoms with Gasteiger partial charge in [-0.3, -0.25) is 0 Å². The fraction of sp³-hybridized carbons (Fsp3) is 1.00. The van der Waals surface area contributed by atoms with Gasteiger partial charge in [-0.05, 0) is 24.2 Å². The van der Waals surface area contributed by atoms with Crippen LogP contribution < -0.4 is 0 Å². The molecule has 0 N–H and O–H groups in total. The smallest absolute Gasteiger partial charge is 0.145 e. The molecular formula is C13H26OSi. The molecule has 15 heavy (non-hydrogen) atoms. The van der Waals surface area contributed by atoms with E-state index in [0.29, 0.717) is 0 Å². The molecule has 0 bridgehead atoms. The van der Waals surface area contributed by atoms with Gasteiger partial charge in [-0.25, -0.2) is 0 Å². The zero-order chi connectivity index (χ0) is 10.5. The van der Waals surface area contributed by atoms with Gasteiger partial charge in [0.25, 0.3) is 0 Å². The third-order valence-electron chi connectivity index (χ3n) is 4.67. The lowest BCUT2D eigenvalue weighted by molar-refractivity contribution is 0.181. The van der Waals surface area contributed by atoms with Crippen molar-refractivity contribution < 1.29 is 4.43 Å². The SMILES string of the molecule is [SiH3]OCCC(C1CCCC1)C1CCCC1. The molecule has 0 unspecified atom stereocenters. The Morgan fingerprint density at radius 2 is 1.40 bits per heavy atom. The van der Waals surface area contributed by atoms with Crippen LogP contribution in [0.3, 0.4) is 0 Å². The van der Waals surface area contributed by atoms with Crippen LogP contribution in [0.15, 0.2) is 0 Å². The van der Waals surface area contributed by atoms with E-state index in [9.17, 15) is 0 Å². The Labute approximate surface area is 97.5 Å². The first kappa shape index (κ1) is 11.7. The van der Waals surface area contributed by atoms with Gasteiger partial charge in [-0.2, -0.15) is 0 Å². The van der Waals surface area contributed by atoms with Crippen molar-refractivity contribution in [2.75, 3.05) is 6.61 Å². The third kappa shape index (κ3) is 3.07. The summed E-state index contributed by atoms with van der Waals surface area (Å²) in [4.78, 5) is 0. The van der Waals surface area contributed by atoms with Gasteiger partial charge in [0, 0.05) is 6.61 Å². The second kappa shape index (κ2) is 6.05. The van der Waals surface area contributed by atoms with Crippen molar-refractivity contribution in [3.63, 3.8) is 0 Å². The summed E-state index contributed by atoms with van der Waals surface area (Å²) in [6, 6.07) is 0. The van der Waals surface area contributed by atoms with Gasteiger partial charge in [0.1, 0.15) is 10.5 Å². The first-order valence-electron chi connectivity index (χ1n) is 6.90. The molecule has 2 fully saturated rings. The second-order valence-corrected chi connectivity index (χ2v) is 6.11. The Hall–Kier alpha value is 0.177. The van der Waals surface area contributed by atoms with Crippen LogP contribution in [0, 0.1) is 17.8 Å². The van der Waals surface area contributed by atoms with Crippen molar-refractivity contribution in [3.8, 4) is 0 Å². The minimum atomic E-state index is 0.924. The molecule has 0 aromatic heterocycles. The van der Waals surface area contributed by atoms with E-state index in [2.05, 4.69) is 0 Å². The summed E-state index contributed by atoms with van der Waals surface area (Å²) in [6.07, 6.45) is 13.4. The molecule has 1 nitrogen and oxygen atoms in total. The number of hydrogen-bond acceptors (Lipinski definition) is 1. The lowest BCUT2D eigenvalue weighted by Gasteiger charge is -2.29. The average Bonchev–Trinajstić information content (AvgIpc) is 2.90. The largest absolute Gasteiger partial charge is 0.428 e. The van der Waals surface area contributed by atoms with Crippen LogP contribution in [0.2, 0.25) is 0 Å².